The summed E-state index contributed by atoms with van der Waals surface area (Å²) in [5.41, 5.74) is 1.27. The second-order valence-electron chi connectivity index (χ2n) is 5.49. The maximum Gasteiger partial charge on any atom is 0.137 e. The van der Waals surface area contributed by atoms with E-state index in [0.717, 1.165) is 36.9 Å². The van der Waals surface area contributed by atoms with Gasteiger partial charge in [0.25, 0.3) is 0 Å². The van der Waals surface area contributed by atoms with Crippen molar-refractivity contribution in [2.45, 2.75) is 52.5 Å². The molecule has 1 N–H and O–H groups in total. The molecule has 1 aromatic heterocycles. The van der Waals surface area contributed by atoms with Gasteiger partial charge in [0.05, 0.1) is 0 Å². The van der Waals surface area contributed by atoms with Gasteiger partial charge in [0.1, 0.15) is 18.0 Å². The summed E-state index contributed by atoms with van der Waals surface area (Å²) in [6, 6.07) is 0.569. The maximum atomic E-state index is 4.55. The molecule has 0 amide bonds. The van der Waals surface area contributed by atoms with E-state index >= 15 is 0 Å². The largest absolute Gasteiger partial charge is 0.370 e. The van der Waals surface area contributed by atoms with Crippen LogP contribution in [0.5, 0.6) is 0 Å². The number of aromatic nitrogens is 2. The molecular formula is C15H26N4. The van der Waals surface area contributed by atoms with Gasteiger partial charge in [-0.15, -0.1) is 0 Å². The highest BCUT2D eigenvalue weighted by Gasteiger charge is 2.32. The molecule has 4 nitrogen and oxygen atoms in total. The summed E-state index contributed by atoms with van der Waals surface area (Å²) in [5, 5.41) is 3.36. The molecule has 1 aromatic rings. The van der Waals surface area contributed by atoms with Crippen LogP contribution in [-0.2, 0) is 6.42 Å². The van der Waals surface area contributed by atoms with Crippen molar-refractivity contribution in [1.82, 2.24) is 9.97 Å². The highest BCUT2D eigenvalue weighted by Crippen LogP contribution is 2.37. The molecule has 0 aliphatic heterocycles. The Morgan fingerprint density at radius 3 is 2.68 bits per heavy atom. The topological polar surface area (TPSA) is 41.1 Å². The highest BCUT2D eigenvalue weighted by atomic mass is 15.2. The Bertz CT molecular complexity index is 415. The van der Waals surface area contributed by atoms with Crippen LogP contribution in [0.3, 0.4) is 0 Å². The average molecular weight is 262 g/mol. The van der Waals surface area contributed by atoms with Crippen molar-refractivity contribution in [2.75, 3.05) is 23.8 Å². The molecule has 1 atom stereocenters. The van der Waals surface area contributed by atoms with Gasteiger partial charge in [-0.25, -0.2) is 9.97 Å². The predicted octanol–water partition coefficient (Wildman–Crippen LogP) is 3.10. The van der Waals surface area contributed by atoms with Crippen molar-refractivity contribution in [3.05, 3.63) is 11.9 Å². The molecule has 0 saturated heterocycles. The number of hydrogen-bond acceptors (Lipinski definition) is 4. The van der Waals surface area contributed by atoms with Crippen LogP contribution >= 0.6 is 0 Å². The zero-order valence-electron chi connectivity index (χ0n) is 12.6. The van der Waals surface area contributed by atoms with E-state index < -0.39 is 0 Å². The zero-order chi connectivity index (χ0) is 13.8. The predicted molar refractivity (Wildman–Crippen MR) is 80.8 cm³/mol. The Hall–Kier alpha value is -1.32. The number of hydrogen-bond donors (Lipinski definition) is 1. The third-order valence-corrected chi connectivity index (χ3v) is 4.02. The minimum absolute atomic E-state index is 0.569. The molecular weight excluding hydrogens is 236 g/mol. The molecule has 4 heteroatoms. The lowest BCUT2D eigenvalue weighted by Gasteiger charge is -2.28. The first-order valence-corrected chi connectivity index (χ1v) is 7.49. The van der Waals surface area contributed by atoms with E-state index in [0.29, 0.717) is 6.04 Å². The van der Waals surface area contributed by atoms with Crippen LogP contribution in [0.15, 0.2) is 6.33 Å². The Kier molecular flexibility index (Phi) is 4.61. The summed E-state index contributed by atoms with van der Waals surface area (Å²) >= 11 is 0. The van der Waals surface area contributed by atoms with E-state index in [4.69, 9.17) is 0 Å². The van der Waals surface area contributed by atoms with E-state index in [9.17, 15) is 0 Å². The molecule has 0 spiro atoms. The van der Waals surface area contributed by atoms with Crippen molar-refractivity contribution in [3.63, 3.8) is 0 Å². The van der Waals surface area contributed by atoms with Crippen molar-refractivity contribution >= 4 is 11.6 Å². The maximum absolute atomic E-state index is 4.55. The standard InChI is InChI=1S/C15H26N4/c1-5-7-13-14(16-6-2)17-10-18-15(13)19(4)11(3)12-8-9-12/h10-12H,5-9H2,1-4H3,(H,16,17,18). The summed E-state index contributed by atoms with van der Waals surface area (Å²) in [6.45, 7) is 7.52. The molecule has 19 heavy (non-hydrogen) atoms. The van der Waals surface area contributed by atoms with Crippen LogP contribution in [-0.4, -0.2) is 29.6 Å². The molecule has 1 heterocycles. The molecule has 1 fully saturated rings. The molecule has 1 unspecified atom stereocenters. The lowest BCUT2D eigenvalue weighted by molar-refractivity contribution is 0.600. The molecule has 0 aromatic carbocycles. The van der Waals surface area contributed by atoms with Gasteiger partial charge in [0, 0.05) is 25.2 Å². The summed E-state index contributed by atoms with van der Waals surface area (Å²) < 4.78 is 0. The fraction of sp³-hybridized carbons (Fsp3) is 0.733. The van der Waals surface area contributed by atoms with Gasteiger partial charge in [-0.3, -0.25) is 0 Å². The van der Waals surface area contributed by atoms with E-state index in [-0.39, 0.29) is 0 Å². The van der Waals surface area contributed by atoms with Crippen LogP contribution < -0.4 is 10.2 Å². The van der Waals surface area contributed by atoms with Gasteiger partial charge < -0.3 is 10.2 Å². The summed E-state index contributed by atoms with van der Waals surface area (Å²) in [6.07, 6.45) is 6.55. The highest BCUT2D eigenvalue weighted by molar-refractivity contribution is 5.59. The second kappa shape index (κ2) is 6.22. The quantitative estimate of drug-likeness (QED) is 0.820. The first kappa shape index (κ1) is 14.1. The Morgan fingerprint density at radius 2 is 2.11 bits per heavy atom. The van der Waals surface area contributed by atoms with Crippen LogP contribution in [0.2, 0.25) is 0 Å². The third-order valence-electron chi connectivity index (χ3n) is 4.02. The minimum Gasteiger partial charge on any atom is -0.370 e. The first-order chi connectivity index (χ1) is 9.19. The van der Waals surface area contributed by atoms with E-state index in [1.807, 2.05) is 0 Å². The minimum atomic E-state index is 0.569. The number of nitrogens with one attached hydrogen (secondary N) is 1. The van der Waals surface area contributed by atoms with Crippen molar-refractivity contribution in [1.29, 1.82) is 0 Å². The zero-order valence-corrected chi connectivity index (χ0v) is 12.6. The third kappa shape index (κ3) is 3.17. The van der Waals surface area contributed by atoms with Gasteiger partial charge in [-0.2, -0.15) is 0 Å². The normalized spacial score (nSPS) is 16.2. The van der Waals surface area contributed by atoms with Crippen LogP contribution in [0, 0.1) is 5.92 Å². The number of anilines is 2. The Morgan fingerprint density at radius 1 is 1.37 bits per heavy atom. The Balaban J connectivity index is 2.28. The lowest BCUT2D eigenvalue weighted by Crippen LogP contribution is -2.32. The van der Waals surface area contributed by atoms with E-state index in [1.165, 1.54) is 18.4 Å². The van der Waals surface area contributed by atoms with Gasteiger partial charge in [-0.05, 0) is 39.0 Å². The Labute approximate surface area is 116 Å². The SMILES string of the molecule is CCCc1c(NCC)ncnc1N(C)C(C)C1CC1. The molecule has 1 aliphatic rings. The fourth-order valence-electron chi connectivity index (χ4n) is 2.59. The first-order valence-electron chi connectivity index (χ1n) is 7.49. The molecule has 2 rings (SSSR count). The van der Waals surface area contributed by atoms with Gasteiger partial charge in [0.15, 0.2) is 0 Å². The summed E-state index contributed by atoms with van der Waals surface area (Å²) in [7, 11) is 2.17. The number of rotatable bonds is 7. The van der Waals surface area contributed by atoms with Crippen LogP contribution in [0.4, 0.5) is 11.6 Å². The summed E-state index contributed by atoms with van der Waals surface area (Å²) in [5.74, 6) is 2.95. The second-order valence-corrected chi connectivity index (χ2v) is 5.49. The van der Waals surface area contributed by atoms with E-state index in [1.54, 1.807) is 6.33 Å². The molecule has 0 radical (unpaired) electrons. The summed E-state index contributed by atoms with van der Waals surface area (Å²) in [4.78, 5) is 11.3. The van der Waals surface area contributed by atoms with Gasteiger partial charge in [-0.1, -0.05) is 13.3 Å². The van der Waals surface area contributed by atoms with Gasteiger partial charge in [0.2, 0.25) is 0 Å². The molecule has 106 valence electrons. The van der Waals surface area contributed by atoms with Crippen molar-refractivity contribution in [3.8, 4) is 0 Å². The lowest BCUT2D eigenvalue weighted by atomic mass is 10.1. The van der Waals surface area contributed by atoms with Crippen molar-refractivity contribution < 1.29 is 0 Å². The molecule has 1 aliphatic carbocycles. The van der Waals surface area contributed by atoms with Crippen LogP contribution in [0.1, 0.15) is 45.6 Å². The van der Waals surface area contributed by atoms with Crippen LogP contribution in [0.25, 0.3) is 0 Å². The fourth-order valence-corrected chi connectivity index (χ4v) is 2.59. The average Bonchev–Trinajstić information content (AvgIpc) is 3.24. The van der Waals surface area contributed by atoms with Crippen molar-refractivity contribution in [2.24, 2.45) is 5.92 Å². The monoisotopic (exact) mass is 262 g/mol. The molecule has 1 saturated carbocycles. The number of nitrogens with zero attached hydrogens (tertiary/aromatic N) is 3. The van der Waals surface area contributed by atoms with Gasteiger partial charge >= 0.3 is 0 Å². The molecule has 0 bridgehead atoms. The van der Waals surface area contributed by atoms with E-state index in [2.05, 4.69) is 48.0 Å². The smallest absolute Gasteiger partial charge is 0.137 e.